The number of benzene rings is 1. The molecular weight excluding hydrogens is 257 g/mol. The van der Waals surface area contributed by atoms with Crippen LogP contribution in [0.25, 0.3) is 0 Å². The number of aliphatic hydroxyl groups is 1. The van der Waals surface area contributed by atoms with E-state index in [2.05, 4.69) is 5.32 Å². The van der Waals surface area contributed by atoms with E-state index in [4.69, 9.17) is 4.74 Å². The molecule has 112 valence electrons. The topological polar surface area (TPSA) is 41.5 Å². The maximum Gasteiger partial charge on any atom is 0.127 e. The molecule has 0 spiro atoms. The molecule has 0 saturated carbocycles. The van der Waals surface area contributed by atoms with Crippen LogP contribution in [0.4, 0.5) is 4.39 Å². The van der Waals surface area contributed by atoms with Crippen molar-refractivity contribution < 1.29 is 14.2 Å². The average molecular weight is 281 g/mol. The van der Waals surface area contributed by atoms with E-state index >= 15 is 0 Å². The SMILES string of the molecule is CC(C)C(O)CNC1CC(C)(C)Oc2cc(F)ccc21. The Morgan fingerprint density at radius 1 is 1.45 bits per heavy atom. The normalized spacial score (nSPS) is 22.2. The van der Waals surface area contributed by atoms with Gasteiger partial charge >= 0.3 is 0 Å². The van der Waals surface area contributed by atoms with E-state index in [0.717, 1.165) is 12.0 Å². The molecule has 2 unspecified atom stereocenters. The number of nitrogens with one attached hydrogen (secondary N) is 1. The Morgan fingerprint density at radius 3 is 2.80 bits per heavy atom. The maximum atomic E-state index is 13.4. The maximum absolute atomic E-state index is 13.4. The molecule has 20 heavy (non-hydrogen) atoms. The smallest absolute Gasteiger partial charge is 0.127 e. The molecule has 2 rings (SSSR count). The van der Waals surface area contributed by atoms with Crippen LogP contribution in [0.1, 0.15) is 45.7 Å². The summed E-state index contributed by atoms with van der Waals surface area (Å²) in [5.41, 5.74) is 0.614. The highest BCUT2D eigenvalue weighted by atomic mass is 19.1. The van der Waals surface area contributed by atoms with Gasteiger partial charge in [-0.3, -0.25) is 0 Å². The predicted octanol–water partition coefficient (Wildman–Crippen LogP) is 3.03. The molecule has 1 aliphatic heterocycles. The first-order valence-corrected chi connectivity index (χ1v) is 7.18. The number of hydrogen-bond donors (Lipinski definition) is 2. The lowest BCUT2D eigenvalue weighted by Crippen LogP contribution is -2.42. The summed E-state index contributed by atoms with van der Waals surface area (Å²) in [4.78, 5) is 0. The fraction of sp³-hybridized carbons (Fsp3) is 0.625. The van der Waals surface area contributed by atoms with E-state index in [0.29, 0.717) is 12.3 Å². The van der Waals surface area contributed by atoms with E-state index < -0.39 is 0 Å². The van der Waals surface area contributed by atoms with Crippen LogP contribution in [0, 0.1) is 11.7 Å². The number of ether oxygens (including phenoxy) is 1. The van der Waals surface area contributed by atoms with Gasteiger partial charge in [-0.1, -0.05) is 19.9 Å². The molecule has 4 heteroatoms. The first-order valence-electron chi connectivity index (χ1n) is 7.18. The van der Waals surface area contributed by atoms with Gasteiger partial charge in [-0.2, -0.15) is 0 Å². The third-order valence-electron chi connectivity index (χ3n) is 3.78. The number of halogens is 1. The number of rotatable bonds is 4. The number of hydrogen-bond acceptors (Lipinski definition) is 3. The minimum Gasteiger partial charge on any atom is -0.487 e. The summed E-state index contributed by atoms with van der Waals surface area (Å²) < 4.78 is 19.2. The highest BCUT2D eigenvalue weighted by Crippen LogP contribution is 2.39. The van der Waals surface area contributed by atoms with Crippen molar-refractivity contribution in [1.82, 2.24) is 5.32 Å². The van der Waals surface area contributed by atoms with Crippen molar-refractivity contribution in [2.75, 3.05) is 6.54 Å². The minimum absolute atomic E-state index is 0.0720. The van der Waals surface area contributed by atoms with Crippen LogP contribution in [0.15, 0.2) is 18.2 Å². The van der Waals surface area contributed by atoms with Gasteiger partial charge in [0.2, 0.25) is 0 Å². The van der Waals surface area contributed by atoms with Crippen molar-refractivity contribution in [3.8, 4) is 5.75 Å². The summed E-state index contributed by atoms with van der Waals surface area (Å²) in [6, 6.07) is 4.72. The molecule has 1 aromatic carbocycles. The standard InChI is InChI=1S/C16H24FNO2/c1-10(2)14(19)9-18-13-8-16(3,4)20-15-7-11(17)5-6-12(13)15/h5-7,10,13-14,18-19H,8-9H2,1-4H3. The second-order valence-corrected chi connectivity index (χ2v) is 6.52. The van der Waals surface area contributed by atoms with Gasteiger partial charge in [-0.15, -0.1) is 0 Å². The van der Waals surface area contributed by atoms with Crippen molar-refractivity contribution in [3.63, 3.8) is 0 Å². The van der Waals surface area contributed by atoms with Gasteiger partial charge in [0.05, 0.1) is 6.10 Å². The minimum atomic E-state index is -0.384. The van der Waals surface area contributed by atoms with Crippen LogP contribution < -0.4 is 10.1 Å². The largest absolute Gasteiger partial charge is 0.487 e. The van der Waals surface area contributed by atoms with Gasteiger partial charge in [0.1, 0.15) is 17.2 Å². The van der Waals surface area contributed by atoms with E-state index in [1.165, 1.54) is 12.1 Å². The van der Waals surface area contributed by atoms with Crippen molar-refractivity contribution in [2.24, 2.45) is 5.92 Å². The van der Waals surface area contributed by atoms with Crippen LogP contribution in [-0.4, -0.2) is 23.4 Å². The van der Waals surface area contributed by atoms with Gasteiger partial charge in [-0.25, -0.2) is 4.39 Å². The fourth-order valence-corrected chi connectivity index (χ4v) is 2.51. The zero-order chi connectivity index (χ0) is 14.9. The molecule has 0 aromatic heterocycles. The van der Waals surface area contributed by atoms with Crippen LogP contribution in [0.3, 0.4) is 0 Å². The molecule has 0 bridgehead atoms. The lowest BCUT2D eigenvalue weighted by Gasteiger charge is -2.38. The summed E-state index contributed by atoms with van der Waals surface area (Å²) >= 11 is 0. The molecule has 2 atom stereocenters. The molecule has 0 radical (unpaired) electrons. The van der Waals surface area contributed by atoms with Crippen molar-refractivity contribution in [2.45, 2.75) is 51.9 Å². The second kappa shape index (κ2) is 5.70. The van der Waals surface area contributed by atoms with Gasteiger partial charge in [0.15, 0.2) is 0 Å². The van der Waals surface area contributed by atoms with E-state index in [-0.39, 0.29) is 29.5 Å². The third-order valence-corrected chi connectivity index (χ3v) is 3.78. The van der Waals surface area contributed by atoms with Crippen LogP contribution in [0.5, 0.6) is 5.75 Å². The number of aliphatic hydroxyl groups excluding tert-OH is 1. The fourth-order valence-electron chi connectivity index (χ4n) is 2.51. The Morgan fingerprint density at radius 2 is 2.15 bits per heavy atom. The lowest BCUT2D eigenvalue weighted by molar-refractivity contribution is 0.0582. The Balaban J connectivity index is 2.17. The van der Waals surface area contributed by atoms with E-state index in [9.17, 15) is 9.50 Å². The molecule has 0 amide bonds. The summed E-state index contributed by atoms with van der Waals surface area (Å²) in [6.07, 6.45) is 0.404. The van der Waals surface area contributed by atoms with Crippen LogP contribution >= 0.6 is 0 Å². The molecule has 1 heterocycles. The van der Waals surface area contributed by atoms with Crippen molar-refractivity contribution in [1.29, 1.82) is 0 Å². The van der Waals surface area contributed by atoms with Crippen molar-refractivity contribution >= 4 is 0 Å². The molecule has 0 saturated heterocycles. The Kier molecular flexibility index (Phi) is 4.35. The number of fused-ring (bicyclic) bond motifs is 1. The highest BCUT2D eigenvalue weighted by molar-refractivity contribution is 5.39. The summed E-state index contributed by atoms with van der Waals surface area (Å²) in [7, 11) is 0. The third kappa shape index (κ3) is 3.49. The molecule has 1 aromatic rings. The van der Waals surface area contributed by atoms with Gasteiger partial charge in [-0.05, 0) is 25.8 Å². The molecule has 0 aliphatic carbocycles. The van der Waals surface area contributed by atoms with Gasteiger partial charge in [0, 0.05) is 30.6 Å². The monoisotopic (exact) mass is 281 g/mol. The molecule has 1 aliphatic rings. The van der Waals surface area contributed by atoms with Crippen LogP contribution in [0.2, 0.25) is 0 Å². The zero-order valence-corrected chi connectivity index (χ0v) is 12.6. The average Bonchev–Trinajstić information content (AvgIpc) is 2.33. The lowest BCUT2D eigenvalue weighted by atomic mass is 9.89. The van der Waals surface area contributed by atoms with Crippen LogP contribution in [-0.2, 0) is 0 Å². The zero-order valence-electron chi connectivity index (χ0n) is 12.6. The van der Waals surface area contributed by atoms with E-state index in [1.807, 2.05) is 27.7 Å². The molecule has 2 N–H and O–H groups in total. The first kappa shape index (κ1) is 15.3. The van der Waals surface area contributed by atoms with E-state index in [1.54, 1.807) is 6.07 Å². The highest BCUT2D eigenvalue weighted by Gasteiger charge is 2.34. The predicted molar refractivity (Wildman–Crippen MR) is 77.3 cm³/mol. The quantitative estimate of drug-likeness (QED) is 0.891. The molecule has 0 fully saturated rings. The van der Waals surface area contributed by atoms with Crippen molar-refractivity contribution in [3.05, 3.63) is 29.6 Å². The molecule has 3 nitrogen and oxygen atoms in total. The molecular formula is C16H24FNO2. The Bertz CT molecular complexity index is 474. The summed E-state index contributed by atoms with van der Waals surface area (Å²) in [5, 5.41) is 13.3. The van der Waals surface area contributed by atoms with Gasteiger partial charge in [0.25, 0.3) is 0 Å². The Hall–Kier alpha value is -1.13. The summed E-state index contributed by atoms with van der Waals surface area (Å²) in [5.74, 6) is 0.517. The Labute approximate surface area is 120 Å². The second-order valence-electron chi connectivity index (χ2n) is 6.52. The first-order chi connectivity index (χ1) is 9.28. The summed E-state index contributed by atoms with van der Waals surface area (Å²) in [6.45, 7) is 8.49. The van der Waals surface area contributed by atoms with Gasteiger partial charge < -0.3 is 15.2 Å².